The molecule has 0 aromatic heterocycles. The number of carboxylic acid groups (broad SMARTS) is 1. The smallest absolute Gasteiger partial charge is 0.469 e. The molecule has 0 heterocycles. The van der Waals surface area contributed by atoms with Crippen molar-refractivity contribution in [2.24, 2.45) is 0 Å². The van der Waals surface area contributed by atoms with E-state index in [2.05, 4.69) is 4.52 Å². The first kappa shape index (κ1) is 14.8. The zero-order valence-electron chi connectivity index (χ0n) is 7.13. The van der Waals surface area contributed by atoms with E-state index in [1.165, 1.54) is 6.92 Å². The number of hydrogen-bond acceptors (Lipinski definition) is 4. The molecule has 0 unspecified atom stereocenters. The van der Waals surface area contributed by atoms with Crippen LogP contribution in [0.15, 0.2) is 0 Å². The third kappa shape index (κ3) is 24.6. The van der Waals surface area contributed by atoms with E-state index in [0.29, 0.717) is 0 Å². The fraction of sp³-hybridized carbons (Fsp3) is 0.600. The molecular weight excluding hydrogens is 203 g/mol. The van der Waals surface area contributed by atoms with Gasteiger partial charge in [-0.2, -0.15) is 0 Å². The van der Waals surface area contributed by atoms with Gasteiger partial charge < -0.3 is 14.9 Å². The van der Waals surface area contributed by atoms with Crippen molar-refractivity contribution in [2.45, 2.75) is 13.3 Å². The number of carboxylic acids is 1. The summed E-state index contributed by atoms with van der Waals surface area (Å²) in [6.45, 7) is 1.24. The summed E-state index contributed by atoms with van der Waals surface area (Å²) in [5.41, 5.74) is 0. The maximum absolute atomic E-state index is 9.87. The van der Waals surface area contributed by atoms with Gasteiger partial charge in [-0.25, -0.2) is 4.57 Å². The van der Waals surface area contributed by atoms with E-state index < -0.39 is 13.8 Å². The third-order valence-corrected chi connectivity index (χ3v) is 1.11. The van der Waals surface area contributed by atoms with E-state index in [-0.39, 0.29) is 12.2 Å². The van der Waals surface area contributed by atoms with Gasteiger partial charge in [0.15, 0.2) is 0 Å². The zero-order valence-corrected chi connectivity index (χ0v) is 8.02. The SMILES string of the molecule is CC(=O)CC(=O)O.COP(=O)(O)O. The number of Topliss-reactive ketones (excluding diaryl/α,β-unsaturated/α-hetero) is 1. The van der Waals surface area contributed by atoms with Crippen LogP contribution in [0.4, 0.5) is 0 Å². The van der Waals surface area contributed by atoms with Crippen LogP contribution in [0.25, 0.3) is 0 Å². The number of ketones is 1. The molecule has 0 aromatic carbocycles. The fourth-order valence-corrected chi connectivity index (χ4v) is 0.213. The molecule has 0 radical (unpaired) electrons. The Morgan fingerprint density at radius 3 is 1.69 bits per heavy atom. The van der Waals surface area contributed by atoms with Crippen molar-refractivity contribution in [3.05, 3.63) is 0 Å². The molecule has 0 saturated heterocycles. The monoisotopic (exact) mass is 214 g/mol. The summed E-state index contributed by atoms with van der Waals surface area (Å²) in [5.74, 6) is -1.37. The molecule has 0 aromatic rings. The van der Waals surface area contributed by atoms with Crippen LogP contribution in [0.2, 0.25) is 0 Å². The molecule has 0 spiro atoms. The average molecular weight is 214 g/mol. The standard InChI is InChI=1S/C4H6O3.CH5O4P/c1-3(5)2-4(6)7;1-5-6(2,3)4/h2H2,1H3,(H,6,7);1H3,(H2,2,3,4). The van der Waals surface area contributed by atoms with Crippen LogP contribution < -0.4 is 0 Å². The van der Waals surface area contributed by atoms with E-state index in [0.717, 1.165) is 7.11 Å². The fourth-order valence-electron chi connectivity index (χ4n) is 0.213. The molecule has 0 saturated carbocycles. The van der Waals surface area contributed by atoms with Crippen molar-refractivity contribution in [2.75, 3.05) is 7.11 Å². The normalized spacial score (nSPS) is 9.85. The second kappa shape index (κ2) is 6.73. The molecule has 0 amide bonds. The molecule has 8 heteroatoms. The quantitative estimate of drug-likeness (QED) is 0.438. The number of phosphoric ester groups is 1. The molecule has 13 heavy (non-hydrogen) atoms. The lowest BCUT2D eigenvalue weighted by Crippen LogP contribution is -2.00. The van der Waals surface area contributed by atoms with Crippen LogP contribution in [-0.4, -0.2) is 33.8 Å². The maximum atomic E-state index is 9.87. The van der Waals surface area contributed by atoms with Gasteiger partial charge in [0.05, 0.1) is 0 Å². The summed E-state index contributed by atoms with van der Waals surface area (Å²) in [5, 5.41) is 7.86. The molecule has 0 fully saturated rings. The Kier molecular flexibility index (Phi) is 7.64. The number of carbonyl (C=O) groups is 2. The van der Waals surface area contributed by atoms with Crippen LogP contribution in [0.3, 0.4) is 0 Å². The van der Waals surface area contributed by atoms with Crippen molar-refractivity contribution >= 4 is 19.6 Å². The number of carbonyl (C=O) groups excluding carboxylic acids is 1. The Balaban J connectivity index is 0. The minimum Gasteiger partial charge on any atom is -0.481 e. The summed E-state index contributed by atoms with van der Waals surface area (Å²) < 4.78 is 13.1. The van der Waals surface area contributed by atoms with Crippen molar-refractivity contribution < 1.29 is 33.6 Å². The van der Waals surface area contributed by atoms with Gasteiger partial charge in [-0.3, -0.25) is 14.1 Å². The molecule has 0 aliphatic rings. The second-order valence-electron chi connectivity index (χ2n) is 1.95. The Morgan fingerprint density at radius 1 is 1.38 bits per heavy atom. The summed E-state index contributed by atoms with van der Waals surface area (Å²) in [6.07, 6.45) is -0.361. The molecule has 0 rings (SSSR count). The van der Waals surface area contributed by atoms with E-state index >= 15 is 0 Å². The van der Waals surface area contributed by atoms with Crippen molar-refractivity contribution in [1.29, 1.82) is 0 Å². The first-order chi connectivity index (χ1) is 5.69. The number of hydrogen-bond donors (Lipinski definition) is 3. The van der Waals surface area contributed by atoms with E-state index in [1.807, 2.05) is 0 Å². The highest BCUT2D eigenvalue weighted by molar-refractivity contribution is 7.46. The van der Waals surface area contributed by atoms with E-state index in [1.54, 1.807) is 0 Å². The zero-order chi connectivity index (χ0) is 11.1. The van der Waals surface area contributed by atoms with Crippen molar-refractivity contribution in [1.82, 2.24) is 0 Å². The molecule has 0 aliphatic heterocycles. The van der Waals surface area contributed by atoms with E-state index in [9.17, 15) is 14.2 Å². The predicted octanol–water partition coefficient (Wildman–Crippen LogP) is -0.224. The van der Waals surface area contributed by atoms with Crippen LogP contribution in [-0.2, 0) is 18.7 Å². The van der Waals surface area contributed by atoms with Crippen LogP contribution in [0, 0.1) is 0 Å². The van der Waals surface area contributed by atoms with Gasteiger partial charge in [0.25, 0.3) is 0 Å². The largest absolute Gasteiger partial charge is 0.481 e. The highest BCUT2D eigenvalue weighted by Crippen LogP contribution is 2.33. The molecule has 0 bridgehead atoms. The average Bonchev–Trinajstić information content (AvgIpc) is 1.84. The summed E-state index contributed by atoms with van der Waals surface area (Å²) in [7, 11) is -3.20. The summed E-state index contributed by atoms with van der Waals surface area (Å²) >= 11 is 0. The van der Waals surface area contributed by atoms with Gasteiger partial charge in [0, 0.05) is 7.11 Å². The molecule has 78 valence electrons. The van der Waals surface area contributed by atoms with Crippen LogP contribution in [0.5, 0.6) is 0 Å². The van der Waals surface area contributed by atoms with Crippen LogP contribution in [0.1, 0.15) is 13.3 Å². The Hall–Kier alpha value is -0.750. The first-order valence-electron chi connectivity index (χ1n) is 3.01. The lowest BCUT2D eigenvalue weighted by atomic mass is 10.3. The van der Waals surface area contributed by atoms with Gasteiger partial charge in [0.2, 0.25) is 0 Å². The lowest BCUT2D eigenvalue weighted by Gasteiger charge is -1.93. The predicted molar refractivity (Wildman–Crippen MR) is 42.0 cm³/mol. The number of rotatable bonds is 3. The summed E-state index contributed by atoms with van der Waals surface area (Å²) in [6, 6.07) is 0. The Labute approximate surface area is 74.6 Å². The van der Waals surface area contributed by atoms with E-state index in [4.69, 9.17) is 14.9 Å². The topological polar surface area (TPSA) is 121 Å². The van der Waals surface area contributed by atoms with Gasteiger partial charge in [0.1, 0.15) is 12.2 Å². The second-order valence-corrected chi connectivity index (χ2v) is 3.29. The molecule has 7 nitrogen and oxygen atoms in total. The van der Waals surface area contributed by atoms with Crippen LogP contribution >= 0.6 is 7.82 Å². The number of phosphoric acid groups is 1. The van der Waals surface area contributed by atoms with Gasteiger partial charge >= 0.3 is 13.8 Å². The highest BCUT2D eigenvalue weighted by atomic mass is 31.2. The van der Waals surface area contributed by atoms with Gasteiger partial charge in [-0.05, 0) is 6.92 Å². The highest BCUT2D eigenvalue weighted by Gasteiger charge is 2.07. The van der Waals surface area contributed by atoms with Crippen molar-refractivity contribution in [3.63, 3.8) is 0 Å². The van der Waals surface area contributed by atoms with Crippen molar-refractivity contribution in [3.8, 4) is 0 Å². The molecular formula is C5H11O7P. The minimum atomic E-state index is -4.15. The lowest BCUT2D eigenvalue weighted by molar-refractivity contribution is -0.139. The Morgan fingerprint density at radius 2 is 1.69 bits per heavy atom. The molecule has 0 atom stereocenters. The Bertz CT molecular complexity index is 205. The first-order valence-corrected chi connectivity index (χ1v) is 4.54. The summed E-state index contributed by atoms with van der Waals surface area (Å²) in [4.78, 5) is 34.9. The van der Waals surface area contributed by atoms with Gasteiger partial charge in [-0.15, -0.1) is 0 Å². The molecule has 0 aliphatic carbocycles. The number of aliphatic carboxylic acids is 1. The third-order valence-electron chi connectivity index (χ3n) is 0.638. The maximum Gasteiger partial charge on any atom is 0.469 e. The van der Waals surface area contributed by atoms with Gasteiger partial charge in [-0.1, -0.05) is 0 Å². The minimum absolute atomic E-state index is 0.312. The molecule has 3 N–H and O–H groups in total.